The van der Waals surface area contributed by atoms with Crippen molar-refractivity contribution in [1.82, 2.24) is 4.98 Å². The molecule has 1 nitrogen and oxygen atoms in total. The Balaban J connectivity index is 2.95. The molecule has 2 rings (SSSR count). The lowest BCUT2D eigenvalue weighted by molar-refractivity contribution is 0.621. The van der Waals surface area contributed by atoms with E-state index in [2.05, 4.69) is 4.98 Å². The Kier molecular flexibility index (Phi) is 2.16. The molecule has 0 radical (unpaired) electrons. The summed E-state index contributed by atoms with van der Waals surface area (Å²) in [6.45, 7) is 3.59. The molecule has 0 aliphatic rings. The van der Waals surface area contributed by atoms with Gasteiger partial charge in [0.05, 0.1) is 0 Å². The summed E-state index contributed by atoms with van der Waals surface area (Å²) < 4.78 is 13.2. The van der Waals surface area contributed by atoms with E-state index in [1.165, 1.54) is 6.07 Å². The molecule has 0 saturated carbocycles. The first kappa shape index (κ1) is 9.41. The van der Waals surface area contributed by atoms with E-state index in [0.717, 1.165) is 16.5 Å². The van der Waals surface area contributed by atoms with Gasteiger partial charge < -0.3 is 0 Å². The van der Waals surface area contributed by atoms with Crippen molar-refractivity contribution >= 4 is 22.4 Å². The standard InChI is InChI=1S/C11H9ClFN/c1-6-5-9-7(2)10(13)4-3-8(9)11(12)14-6/h3-5H,1-2H3. The SMILES string of the molecule is Cc1cc2c(C)c(F)ccc2c(Cl)n1. The predicted molar refractivity (Wildman–Crippen MR) is 56.2 cm³/mol. The first-order chi connectivity index (χ1) is 6.59. The number of hydrogen-bond acceptors (Lipinski definition) is 1. The van der Waals surface area contributed by atoms with Gasteiger partial charge in [-0.3, -0.25) is 0 Å². The molecule has 0 unspecified atom stereocenters. The molecule has 0 bridgehead atoms. The van der Waals surface area contributed by atoms with Crippen molar-refractivity contribution in [2.24, 2.45) is 0 Å². The zero-order valence-electron chi connectivity index (χ0n) is 7.94. The van der Waals surface area contributed by atoms with Gasteiger partial charge in [-0.2, -0.15) is 0 Å². The van der Waals surface area contributed by atoms with Crippen molar-refractivity contribution in [2.75, 3.05) is 0 Å². The molecule has 14 heavy (non-hydrogen) atoms. The molecule has 0 saturated heterocycles. The van der Waals surface area contributed by atoms with E-state index < -0.39 is 0 Å². The van der Waals surface area contributed by atoms with Crippen LogP contribution in [0.3, 0.4) is 0 Å². The van der Waals surface area contributed by atoms with Gasteiger partial charge in [-0.15, -0.1) is 0 Å². The van der Waals surface area contributed by atoms with Gasteiger partial charge in [0, 0.05) is 11.1 Å². The fourth-order valence-corrected chi connectivity index (χ4v) is 1.82. The molecule has 1 heterocycles. The lowest BCUT2D eigenvalue weighted by atomic mass is 10.1. The summed E-state index contributed by atoms with van der Waals surface area (Å²) >= 11 is 5.95. The Morgan fingerprint density at radius 3 is 2.64 bits per heavy atom. The lowest BCUT2D eigenvalue weighted by Crippen LogP contribution is -1.89. The monoisotopic (exact) mass is 209 g/mol. The highest BCUT2D eigenvalue weighted by Gasteiger charge is 2.07. The van der Waals surface area contributed by atoms with Gasteiger partial charge in [-0.1, -0.05) is 11.6 Å². The van der Waals surface area contributed by atoms with Crippen LogP contribution in [0.15, 0.2) is 18.2 Å². The van der Waals surface area contributed by atoms with Crippen LogP contribution in [0.5, 0.6) is 0 Å². The predicted octanol–water partition coefficient (Wildman–Crippen LogP) is 3.64. The Labute approximate surface area is 86.5 Å². The largest absolute Gasteiger partial charge is 0.241 e. The average molecular weight is 210 g/mol. The average Bonchev–Trinajstić information content (AvgIpc) is 2.12. The second kappa shape index (κ2) is 3.21. The summed E-state index contributed by atoms with van der Waals surface area (Å²) in [5.74, 6) is -0.209. The van der Waals surface area contributed by atoms with E-state index in [0.29, 0.717) is 10.7 Å². The minimum absolute atomic E-state index is 0.209. The summed E-state index contributed by atoms with van der Waals surface area (Å²) in [6.07, 6.45) is 0. The number of rotatable bonds is 0. The number of aryl methyl sites for hydroxylation is 2. The maximum atomic E-state index is 13.2. The summed E-state index contributed by atoms with van der Waals surface area (Å²) in [6, 6.07) is 4.92. The second-order valence-electron chi connectivity index (χ2n) is 3.32. The molecule has 0 aliphatic carbocycles. The zero-order chi connectivity index (χ0) is 10.3. The quantitative estimate of drug-likeness (QED) is 0.604. The number of hydrogen-bond donors (Lipinski definition) is 0. The third-order valence-corrected chi connectivity index (χ3v) is 2.59. The van der Waals surface area contributed by atoms with Crippen LogP contribution in [0.2, 0.25) is 5.15 Å². The fraction of sp³-hybridized carbons (Fsp3) is 0.182. The normalized spacial score (nSPS) is 10.9. The lowest BCUT2D eigenvalue weighted by Gasteiger charge is -2.05. The third-order valence-electron chi connectivity index (χ3n) is 2.30. The van der Waals surface area contributed by atoms with E-state index in [9.17, 15) is 4.39 Å². The van der Waals surface area contributed by atoms with E-state index in [1.807, 2.05) is 13.0 Å². The molecule has 0 aliphatic heterocycles. The number of fused-ring (bicyclic) bond motifs is 1. The summed E-state index contributed by atoms with van der Waals surface area (Å²) in [5, 5.41) is 2.07. The van der Waals surface area contributed by atoms with Crippen molar-refractivity contribution in [1.29, 1.82) is 0 Å². The maximum Gasteiger partial charge on any atom is 0.137 e. The van der Waals surface area contributed by atoms with Crippen LogP contribution < -0.4 is 0 Å². The fourth-order valence-electron chi connectivity index (χ4n) is 1.52. The van der Waals surface area contributed by atoms with Crippen molar-refractivity contribution in [3.63, 3.8) is 0 Å². The van der Waals surface area contributed by atoms with Crippen LogP contribution in [0, 0.1) is 19.7 Å². The molecule has 2 aromatic rings. The topological polar surface area (TPSA) is 12.9 Å². The highest BCUT2D eigenvalue weighted by Crippen LogP contribution is 2.26. The highest BCUT2D eigenvalue weighted by molar-refractivity contribution is 6.34. The van der Waals surface area contributed by atoms with Gasteiger partial charge in [0.1, 0.15) is 11.0 Å². The minimum atomic E-state index is -0.209. The summed E-state index contributed by atoms with van der Waals surface area (Å²) in [5.41, 5.74) is 1.42. The molecular weight excluding hydrogens is 201 g/mol. The molecule has 0 N–H and O–H groups in total. The van der Waals surface area contributed by atoms with Crippen molar-refractivity contribution in [3.8, 4) is 0 Å². The first-order valence-electron chi connectivity index (χ1n) is 4.31. The number of benzene rings is 1. The van der Waals surface area contributed by atoms with Gasteiger partial charge in [-0.25, -0.2) is 9.37 Å². The molecule has 1 aromatic heterocycles. The molecule has 0 amide bonds. The van der Waals surface area contributed by atoms with E-state index in [-0.39, 0.29) is 5.82 Å². The van der Waals surface area contributed by atoms with Crippen molar-refractivity contribution < 1.29 is 4.39 Å². The summed E-state index contributed by atoms with van der Waals surface area (Å²) in [4.78, 5) is 4.12. The van der Waals surface area contributed by atoms with Gasteiger partial charge >= 0.3 is 0 Å². The van der Waals surface area contributed by atoms with Crippen LogP contribution in [0.4, 0.5) is 4.39 Å². The number of nitrogens with zero attached hydrogens (tertiary/aromatic N) is 1. The number of aromatic nitrogens is 1. The van der Waals surface area contributed by atoms with Crippen molar-refractivity contribution in [2.45, 2.75) is 13.8 Å². The van der Waals surface area contributed by atoms with E-state index in [1.54, 1.807) is 13.0 Å². The van der Waals surface area contributed by atoms with Crippen LogP contribution in [-0.2, 0) is 0 Å². The Hall–Kier alpha value is -1.15. The minimum Gasteiger partial charge on any atom is -0.241 e. The third kappa shape index (κ3) is 1.36. The van der Waals surface area contributed by atoms with Crippen molar-refractivity contribution in [3.05, 3.63) is 40.4 Å². The molecule has 0 spiro atoms. The molecule has 1 aromatic carbocycles. The van der Waals surface area contributed by atoms with Crippen LogP contribution in [0.25, 0.3) is 10.8 Å². The second-order valence-corrected chi connectivity index (χ2v) is 3.68. The van der Waals surface area contributed by atoms with Gasteiger partial charge in [0.15, 0.2) is 0 Å². The van der Waals surface area contributed by atoms with E-state index >= 15 is 0 Å². The molecule has 0 atom stereocenters. The number of pyridine rings is 1. The Morgan fingerprint density at radius 2 is 1.93 bits per heavy atom. The molecule has 0 fully saturated rings. The van der Waals surface area contributed by atoms with Crippen LogP contribution in [-0.4, -0.2) is 4.98 Å². The summed E-state index contributed by atoms with van der Waals surface area (Å²) in [7, 11) is 0. The number of halogens is 2. The first-order valence-corrected chi connectivity index (χ1v) is 4.69. The van der Waals surface area contributed by atoms with Gasteiger partial charge in [0.25, 0.3) is 0 Å². The maximum absolute atomic E-state index is 13.2. The molecule has 3 heteroatoms. The van der Waals surface area contributed by atoms with Gasteiger partial charge in [-0.05, 0) is 43.0 Å². The Bertz CT molecular complexity index is 508. The van der Waals surface area contributed by atoms with Gasteiger partial charge in [0.2, 0.25) is 0 Å². The van der Waals surface area contributed by atoms with E-state index in [4.69, 9.17) is 11.6 Å². The van der Waals surface area contributed by atoms with Crippen LogP contribution >= 0.6 is 11.6 Å². The molecular formula is C11H9ClFN. The van der Waals surface area contributed by atoms with Crippen LogP contribution in [0.1, 0.15) is 11.3 Å². The highest BCUT2D eigenvalue weighted by atomic mass is 35.5. The smallest absolute Gasteiger partial charge is 0.137 e. The zero-order valence-corrected chi connectivity index (χ0v) is 8.69. The Morgan fingerprint density at radius 1 is 1.21 bits per heavy atom. The molecule has 72 valence electrons.